The molecule has 1 aromatic heterocycles. The topological polar surface area (TPSA) is 91.7 Å². The van der Waals surface area contributed by atoms with Gasteiger partial charge < -0.3 is 18.9 Å². The van der Waals surface area contributed by atoms with E-state index < -0.39 is 119 Å². The molecule has 408 valence electrons. The molecule has 2 aromatic rings. The number of hydrogen-bond donors (Lipinski definition) is 1. The molecular weight excluding hydrogens is 1030 g/mol. The lowest BCUT2D eigenvalue weighted by molar-refractivity contribution is -0.461. The van der Waals surface area contributed by atoms with Gasteiger partial charge in [0.15, 0.2) is 8.32 Å². The first-order valence-electron chi connectivity index (χ1n) is 22.6. The highest BCUT2D eigenvalue weighted by Gasteiger charge is 2.95. The van der Waals surface area contributed by atoms with Gasteiger partial charge in [0.2, 0.25) is 8.32 Å². The molecule has 2 heterocycles. The third-order valence-electron chi connectivity index (χ3n) is 13.5. The van der Waals surface area contributed by atoms with Crippen LogP contribution in [0.1, 0.15) is 118 Å². The van der Waals surface area contributed by atoms with E-state index in [2.05, 4.69) is 4.98 Å². The Balaban J connectivity index is 2.23. The van der Waals surface area contributed by atoms with Crippen molar-refractivity contribution >= 4 is 28.4 Å². The second kappa shape index (κ2) is 21.1. The summed E-state index contributed by atoms with van der Waals surface area (Å²) in [5.41, 5.74) is -2.28. The van der Waals surface area contributed by atoms with Crippen molar-refractivity contribution in [2.24, 2.45) is 0 Å². The third kappa shape index (κ3) is 10.8. The standard InChI is InChI=1S/C44H60F17N3O5Si2/c1-23(2)70(24(3)4,25(5)6)67-22-32-31(69-71(26(7)8,27(9)10)28(11)12)20-33(68-32)64-21-30(34(63-36(64)66)62-35(65)29-16-14-13-15-17-29)18-19-37(45,46)38(47,48)39(49,50)40(51,52)41(53,54)42(55,56)43(57,58)44(59,60)61/h13-17,21,23-28,31-33H,18-20,22H2,1-12H3,(H,62,63,65,66)/t31-,32+,33+/m0/s1. The second-order valence-electron chi connectivity index (χ2n) is 19.7. The Hall–Kier alpha value is -3.31. The van der Waals surface area contributed by atoms with Gasteiger partial charge in [-0.25, -0.2) is 4.79 Å². The van der Waals surface area contributed by atoms with E-state index in [1.165, 1.54) is 30.3 Å². The molecule has 1 amide bonds. The Morgan fingerprint density at radius 1 is 0.662 bits per heavy atom. The molecule has 1 aromatic carbocycles. The van der Waals surface area contributed by atoms with E-state index in [0.29, 0.717) is 10.8 Å². The van der Waals surface area contributed by atoms with Crippen LogP contribution in [0.4, 0.5) is 80.5 Å². The van der Waals surface area contributed by atoms with Gasteiger partial charge in [-0.3, -0.25) is 9.36 Å². The summed E-state index contributed by atoms with van der Waals surface area (Å²) in [7, 11) is -5.49. The van der Waals surface area contributed by atoms with Gasteiger partial charge in [-0.05, 0) is 51.8 Å². The number of carbonyl (C=O) groups excluding carboxylic acids is 1. The molecule has 3 atom stereocenters. The molecule has 1 N–H and O–H groups in total. The summed E-state index contributed by atoms with van der Waals surface area (Å²) in [5, 5.41) is 2.05. The lowest BCUT2D eigenvalue weighted by Gasteiger charge is -2.45. The molecule has 1 saturated heterocycles. The number of hydrogen-bond acceptors (Lipinski definition) is 6. The van der Waals surface area contributed by atoms with Crippen LogP contribution in [-0.4, -0.2) is 98.5 Å². The summed E-state index contributed by atoms with van der Waals surface area (Å²) >= 11 is 0. The molecule has 0 radical (unpaired) electrons. The van der Waals surface area contributed by atoms with Gasteiger partial charge in [0, 0.05) is 30.2 Å². The summed E-state index contributed by atoms with van der Waals surface area (Å²) in [6.45, 7) is 23.8. The molecule has 71 heavy (non-hydrogen) atoms. The van der Waals surface area contributed by atoms with Crippen LogP contribution in [0.25, 0.3) is 0 Å². The van der Waals surface area contributed by atoms with Crippen molar-refractivity contribution in [3.05, 3.63) is 58.1 Å². The van der Waals surface area contributed by atoms with Gasteiger partial charge in [0.05, 0.1) is 12.7 Å². The number of amides is 1. The monoisotopic (exact) mass is 1090 g/mol. The first-order chi connectivity index (χ1) is 31.9. The summed E-state index contributed by atoms with van der Waals surface area (Å²) in [5.74, 6) is -59.9. The van der Waals surface area contributed by atoms with Gasteiger partial charge in [0.25, 0.3) is 5.91 Å². The number of rotatable bonds is 23. The molecule has 0 unspecified atom stereocenters. The number of anilines is 1. The molecule has 1 aliphatic heterocycles. The van der Waals surface area contributed by atoms with Crippen LogP contribution < -0.4 is 11.0 Å². The minimum atomic E-state index is -8.79. The van der Waals surface area contributed by atoms with Crippen LogP contribution in [0.3, 0.4) is 0 Å². The van der Waals surface area contributed by atoms with E-state index in [1.807, 2.05) is 88.4 Å². The summed E-state index contributed by atoms with van der Waals surface area (Å²) < 4.78 is 262. The SMILES string of the molecule is CC(C)[Si](OC[C@H]1O[C@@H](n2cc(CCC(F)(F)C(F)(F)C(F)(F)C(F)(F)C(F)(F)C(F)(F)C(F)(F)C(F)(F)F)c(NC(=O)c3ccccc3)nc2=O)C[C@@H]1O[Si](C(C)C)(C(C)C)C(C)C)(C(C)C)C(C)C. The minimum Gasteiger partial charge on any atom is -0.413 e. The van der Waals surface area contributed by atoms with Gasteiger partial charge in [-0.1, -0.05) is 101 Å². The summed E-state index contributed by atoms with van der Waals surface area (Å²) in [6, 6.07) is 6.51. The Labute approximate surface area is 402 Å². The number of halogens is 17. The zero-order valence-corrected chi connectivity index (χ0v) is 42.8. The third-order valence-corrected chi connectivity index (χ3v) is 25.8. The number of nitrogens with one attached hydrogen (secondary N) is 1. The van der Waals surface area contributed by atoms with Crippen LogP contribution in [0.5, 0.6) is 0 Å². The molecule has 1 fully saturated rings. The number of alkyl halides is 17. The van der Waals surface area contributed by atoms with Crippen molar-refractivity contribution < 1.29 is 93.0 Å². The number of benzene rings is 1. The number of carbonyl (C=O) groups is 1. The quantitative estimate of drug-likeness (QED) is 0.0881. The molecule has 1 aliphatic rings. The average molecular weight is 1090 g/mol. The molecule has 0 saturated carbocycles. The largest absolute Gasteiger partial charge is 0.460 e. The predicted octanol–water partition coefficient (Wildman–Crippen LogP) is 14.5. The van der Waals surface area contributed by atoms with Crippen molar-refractivity contribution in [3.8, 4) is 0 Å². The van der Waals surface area contributed by atoms with Crippen LogP contribution in [0.15, 0.2) is 41.3 Å². The number of aryl methyl sites for hydroxylation is 1. The Morgan fingerprint density at radius 2 is 1.08 bits per heavy atom. The van der Waals surface area contributed by atoms with Crippen molar-refractivity contribution in [1.82, 2.24) is 9.55 Å². The van der Waals surface area contributed by atoms with E-state index in [0.717, 1.165) is 0 Å². The van der Waals surface area contributed by atoms with Crippen molar-refractivity contribution in [2.75, 3.05) is 11.9 Å². The van der Waals surface area contributed by atoms with E-state index in [-0.39, 0.29) is 51.8 Å². The zero-order valence-electron chi connectivity index (χ0n) is 40.8. The second-order valence-corrected chi connectivity index (χ2v) is 30.6. The molecule has 27 heteroatoms. The van der Waals surface area contributed by atoms with Crippen molar-refractivity contribution in [1.29, 1.82) is 0 Å². The van der Waals surface area contributed by atoms with Gasteiger partial charge >= 0.3 is 53.3 Å². The fourth-order valence-corrected chi connectivity index (χ4v) is 21.0. The lowest BCUT2D eigenvalue weighted by Crippen LogP contribution is -2.74. The highest BCUT2D eigenvalue weighted by atomic mass is 28.4. The molecule has 0 aliphatic carbocycles. The minimum absolute atomic E-state index is 0.0160. The maximum Gasteiger partial charge on any atom is 0.460 e. The first-order valence-corrected chi connectivity index (χ1v) is 26.9. The predicted molar refractivity (Wildman–Crippen MR) is 233 cm³/mol. The normalized spacial score (nSPS) is 18.8. The number of aromatic nitrogens is 2. The molecule has 8 nitrogen and oxygen atoms in total. The molecule has 0 spiro atoms. The van der Waals surface area contributed by atoms with Crippen LogP contribution in [0.2, 0.25) is 33.2 Å². The van der Waals surface area contributed by atoms with Crippen molar-refractivity contribution in [3.63, 3.8) is 0 Å². The summed E-state index contributed by atoms with van der Waals surface area (Å²) in [6.07, 6.45) is -15.5. The maximum absolute atomic E-state index is 15.4. The average Bonchev–Trinajstić information content (AvgIpc) is 3.63. The Morgan fingerprint density at radius 3 is 1.51 bits per heavy atom. The number of nitrogens with zero attached hydrogens (tertiary/aromatic N) is 2. The van der Waals surface area contributed by atoms with E-state index in [9.17, 15) is 66.7 Å². The van der Waals surface area contributed by atoms with E-state index in [4.69, 9.17) is 13.6 Å². The molecular formula is C44H60F17N3O5Si2. The lowest BCUT2D eigenvalue weighted by atomic mass is 9.87. The fourth-order valence-electron chi connectivity index (χ4n) is 9.96. The Kier molecular flexibility index (Phi) is 18.5. The van der Waals surface area contributed by atoms with Crippen LogP contribution in [0, 0.1) is 0 Å². The van der Waals surface area contributed by atoms with E-state index in [1.54, 1.807) is 0 Å². The first kappa shape index (κ1) is 62.0. The fraction of sp³-hybridized carbons (Fsp3) is 0.750. The van der Waals surface area contributed by atoms with Gasteiger partial charge in [-0.15, -0.1) is 0 Å². The zero-order chi connectivity index (χ0) is 55.3. The van der Waals surface area contributed by atoms with Crippen molar-refractivity contribution in [2.45, 2.75) is 202 Å². The smallest absolute Gasteiger partial charge is 0.413 e. The molecule has 0 bridgehead atoms. The highest BCUT2D eigenvalue weighted by molar-refractivity contribution is 6.78. The highest BCUT2D eigenvalue weighted by Crippen LogP contribution is 2.64. The number of ether oxygens (including phenoxy) is 1. The van der Waals surface area contributed by atoms with Crippen LogP contribution >= 0.6 is 0 Å². The van der Waals surface area contributed by atoms with Gasteiger partial charge in [0.1, 0.15) is 18.1 Å². The summed E-state index contributed by atoms with van der Waals surface area (Å²) in [4.78, 5) is 30.8. The Bertz CT molecular complexity index is 2150. The van der Waals surface area contributed by atoms with Gasteiger partial charge in [-0.2, -0.15) is 79.6 Å². The van der Waals surface area contributed by atoms with Crippen LogP contribution in [-0.2, 0) is 20.0 Å². The van der Waals surface area contributed by atoms with E-state index >= 15 is 17.6 Å². The maximum atomic E-state index is 15.4. The molecule has 3 rings (SSSR count).